The number of carbonyl (C=O) groups is 2. The molecular weight excluding hydrogens is 398 g/mol. The molecule has 2 aromatic carbocycles. The van der Waals surface area contributed by atoms with Crippen molar-refractivity contribution < 1.29 is 9.59 Å². The lowest BCUT2D eigenvalue weighted by atomic mass is 10.0. The van der Waals surface area contributed by atoms with Crippen molar-refractivity contribution in [1.29, 1.82) is 0 Å². The summed E-state index contributed by atoms with van der Waals surface area (Å²) in [4.78, 5) is 27.9. The lowest BCUT2D eigenvalue weighted by molar-refractivity contribution is -0.124. The molecule has 6 heteroatoms. The summed E-state index contributed by atoms with van der Waals surface area (Å²) >= 11 is 5.89. The molecule has 2 amide bonds. The van der Waals surface area contributed by atoms with Gasteiger partial charge in [-0.3, -0.25) is 14.5 Å². The summed E-state index contributed by atoms with van der Waals surface area (Å²) in [5.74, 6) is -0.431. The van der Waals surface area contributed by atoms with Gasteiger partial charge in [0, 0.05) is 35.8 Å². The Morgan fingerprint density at radius 2 is 1.70 bits per heavy atom. The molecule has 0 aromatic heterocycles. The molecular formula is C24H30ClN3O2. The minimum atomic E-state index is -0.589. The Kier molecular flexibility index (Phi) is 7.51. The summed E-state index contributed by atoms with van der Waals surface area (Å²) in [5, 5.41) is 6.59. The van der Waals surface area contributed by atoms with Crippen LogP contribution in [0.1, 0.15) is 49.2 Å². The number of nitrogens with zero attached hydrogens (tertiary/aromatic N) is 1. The molecule has 3 atom stereocenters. The summed E-state index contributed by atoms with van der Waals surface area (Å²) in [6, 6.07) is 16.9. The zero-order valence-corrected chi connectivity index (χ0v) is 18.5. The Morgan fingerprint density at radius 1 is 1.03 bits per heavy atom. The second kappa shape index (κ2) is 10.1. The minimum Gasteiger partial charge on any atom is -0.350 e. The molecule has 2 aromatic rings. The number of hydrogen-bond donors (Lipinski definition) is 2. The zero-order chi connectivity index (χ0) is 21.7. The maximum Gasteiger partial charge on any atom is 0.251 e. The lowest BCUT2D eigenvalue weighted by Gasteiger charge is -2.26. The second-order valence-electron chi connectivity index (χ2n) is 8.28. The molecule has 1 aliphatic rings. The molecule has 0 spiro atoms. The van der Waals surface area contributed by atoms with Crippen LogP contribution < -0.4 is 10.6 Å². The summed E-state index contributed by atoms with van der Waals surface area (Å²) in [6.07, 6.45) is 0.902. The third-order valence-corrected chi connectivity index (χ3v) is 5.99. The molecule has 2 N–H and O–H groups in total. The predicted octanol–water partition coefficient (Wildman–Crippen LogP) is 4.05. The van der Waals surface area contributed by atoms with Crippen LogP contribution in [-0.4, -0.2) is 41.9 Å². The van der Waals surface area contributed by atoms with Crippen LogP contribution in [0.5, 0.6) is 0 Å². The Bertz CT molecular complexity index is 855. The van der Waals surface area contributed by atoms with E-state index >= 15 is 0 Å². The van der Waals surface area contributed by atoms with E-state index in [0.29, 0.717) is 16.6 Å². The Balaban J connectivity index is 1.57. The molecule has 160 valence electrons. The van der Waals surface area contributed by atoms with E-state index in [1.54, 1.807) is 24.3 Å². The molecule has 3 unspecified atom stereocenters. The number of hydrogen-bond acceptors (Lipinski definition) is 3. The standard InChI is InChI=1S/C24H30ClN3O2/c1-16(2)22(27-23(29)19-9-11-20(25)12-10-19)24(30)26-21-13-14-28(15-21)17(3)18-7-5-4-6-8-18/h4-12,16-17,21-22H,13-15H2,1-3H3,(H,26,30)(H,27,29). The average molecular weight is 428 g/mol. The molecule has 3 rings (SSSR count). The number of rotatable bonds is 7. The fraction of sp³-hybridized carbons (Fsp3) is 0.417. The maximum atomic E-state index is 12.9. The first-order chi connectivity index (χ1) is 14.3. The van der Waals surface area contributed by atoms with E-state index in [-0.39, 0.29) is 23.8 Å². The van der Waals surface area contributed by atoms with Gasteiger partial charge < -0.3 is 10.6 Å². The first-order valence-corrected chi connectivity index (χ1v) is 10.9. The van der Waals surface area contributed by atoms with Gasteiger partial charge in [-0.15, -0.1) is 0 Å². The fourth-order valence-corrected chi connectivity index (χ4v) is 3.98. The minimum absolute atomic E-state index is 0.0259. The van der Waals surface area contributed by atoms with E-state index in [0.717, 1.165) is 19.5 Å². The molecule has 5 nitrogen and oxygen atoms in total. The van der Waals surface area contributed by atoms with Crippen molar-refractivity contribution >= 4 is 23.4 Å². The highest BCUT2D eigenvalue weighted by Crippen LogP contribution is 2.24. The van der Waals surface area contributed by atoms with Crippen molar-refractivity contribution in [3.63, 3.8) is 0 Å². The Hall–Kier alpha value is -2.37. The first kappa shape index (κ1) is 22.3. The highest BCUT2D eigenvalue weighted by Gasteiger charge is 2.31. The van der Waals surface area contributed by atoms with Crippen molar-refractivity contribution in [1.82, 2.24) is 15.5 Å². The van der Waals surface area contributed by atoms with E-state index in [1.165, 1.54) is 5.56 Å². The van der Waals surface area contributed by atoms with Gasteiger partial charge in [0.25, 0.3) is 5.91 Å². The third kappa shape index (κ3) is 5.61. The molecule has 30 heavy (non-hydrogen) atoms. The van der Waals surface area contributed by atoms with Gasteiger partial charge in [0.1, 0.15) is 6.04 Å². The highest BCUT2D eigenvalue weighted by molar-refractivity contribution is 6.30. The molecule has 0 radical (unpaired) electrons. The number of halogens is 1. The molecule has 0 aliphatic carbocycles. The van der Waals surface area contributed by atoms with Gasteiger partial charge in [-0.25, -0.2) is 0 Å². The summed E-state index contributed by atoms with van der Waals surface area (Å²) in [6.45, 7) is 7.81. The van der Waals surface area contributed by atoms with Gasteiger partial charge in [-0.1, -0.05) is 55.8 Å². The first-order valence-electron chi connectivity index (χ1n) is 10.5. The van der Waals surface area contributed by atoms with Crippen molar-refractivity contribution in [3.8, 4) is 0 Å². The number of amides is 2. The van der Waals surface area contributed by atoms with Gasteiger partial charge in [-0.2, -0.15) is 0 Å². The normalized spacial score (nSPS) is 18.8. The summed E-state index contributed by atoms with van der Waals surface area (Å²) in [5.41, 5.74) is 1.77. The molecule has 1 aliphatic heterocycles. The second-order valence-corrected chi connectivity index (χ2v) is 8.71. The van der Waals surface area contributed by atoms with Crippen LogP contribution in [0.25, 0.3) is 0 Å². The van der Waals surface area contributed by atoms with E-state index in [1.807, 2.05) is 19.9 Å². The fourth-order valence-electron chi connectivity index (χ4n) is 3.85. The lowest BCUT2D eigenvalue weighted by Crippen LogP contribution is -2.52. The van der Waals surface area contributed by atoms with Gasteiger partial charge in [0.15, 0.2) is 0 Å². The van der Waals surface area contributed by atoms with Crippen LogP contribution in [0.15, 0.2) is 54.6 Å². The van der Waals surface area contributed by atoms with Crippen LogP contribution in [0.2, 0.25) is 5.02 Å². The van der Waals surface area contributed by atoms with Crippen LogP contribution in [0.3, 0.4) is 0 Å². The third-order valence-electron chi connectivity index (χ3n) is 5.74. The number of nitrogens with one attached hydrogen (secondary N) is 2. The van der Waals surface area contributed by atoms with E-state index in [2.05, 4.69) is 46.7 Å². The number of likely N-dealkylation sites (tertiary alicyclic amines) is 1. The molecule has 1 heterocycles. The average Bonchev–Trinajstić information content (AvgIpc) is 3.20. The van der Waals surface area contributed by atoms with E-state index in [9.17, 15) is 9.59 Å². The Labute approximate surface area is 183 Å². The van der Waals surface area contributed by atoms with Crippen LogP contribution in [-0.2, 0) is 4.79 Å². The monoisotopic (exact) mass is 427 g/mol. The van der Waals surface area contributed by atoms with Crippen molar-refractivity contribution in [3.05, 3.63) is 70.7 Å². The van der Waals surface area contributed by atoms with Gasteiger partial charge >= 0.3 is 0 Å². The van der Waals surface area contributed by atoms with Crippen LogP contribution >= 0.6 is 11.6 Å². The van der Waals surface area contributed by atoms with Crippen molar-refractivity contribution in [2.45, 2.75) is 45.3 Å². The Morgan fingerprint density at radius 3 is 2.33 bits per heavy atom. The largest absolute Gasteiger partial charge is 0.350 e. The van der Waals surface area contributed by atoms with Crippen LogP contribution in [0, 0.1) is 5.92 Å². The summed E-state index contributed by atoms with van der Waals surface area (Å²) in [7, 11) is 0. The van der Waals surface area contributed by atoms with Crippen LogP contribution in [0.4, 0.5) is 0 Å². The smallest absolute Gasteiger partial charge is 0.251 e. The van der Waals surface area contributed by atoms with Gasteiger partial charge in [-0.05, 0) is 49.1 Å². The van der Waals surface area contributed by atoms with Gasteiger partial charge in [0.05, 0.1) is 0 Å². The summed E-state index contributed by atoms with van der Waals surface area (Å²) < 4.78 is 0. The maximum absolute atomic E-state index is 12.9. The number of benzene rings is 2. The van der Waals surface area contributed by atoms with Crippen molar-refractivity contribution in [2.24, 2.45) is 5.92 Å². The molecule has 0 saturated carbocycles. The highest BCUT2D eigenvalue weighted by atomic mass is 35.5. The topological polar surface area (TPSA) is 61.4 Å². The van der Waals surface area contributed by atoms with E-state index in [4.69, 9.17) is 11.6 Å². The SMILES string of the molecule is CC(C)C(NC(=O)c1ccc(Cl)cc1)C(=O)NC1CCN(C(C)c2ccccc2)C1. The zero-order valence-electron chi connectivity index (χ0n) is 17.8. The predicted molar refractivity (Wildman–Crippen MR) is 121 cm³/mol. The molecule has 1 saturated heterocycles. The van der Waals surface area contributed by atoms with Crippen molar-refractivity contribution in [2.75, 3.05) is 13.1 Å². The number of carbonyl (C=O) groups excluding carboxylic acids is 2. The van der Waals surface area contributed by atoms with Gasteiger partial charge in [0.2, 0.25) is 5.91 Å². The van der Waals surface area contributed by atoms with E-state index < -0.39 is 6.04 Å². The molecule has 1 fully saturated rings. The quantitative estimate of drug-likeness (QED) is 0.700. The molecule has 0 bridgehead atoms.